The predicted molar refractivity (Wildman–Crippen MR) is 98.2 cm³/mol. The lowest BCUT2D eigenvalue weighted by atomic mass is 10.1. The second-order valence-electron chi connectivity index (χ2n) is 6.54. The molecule has 0 saturated carbocycles. The molecule has 1 rings (SSSR count). The van der Waals surface area contributed by atoms with E-state index in [0.717, 1.165) is 12.5 Å². The van der Waals surface area contributed by atoms with Crippen LogP contribution in [-0.2, 0) is 11.3 Å². The van der Waals surface area contributed by atoms with Gasteiger partial charge in [-0.25, -0.2) is 9.79 Å². The number of ether oxygens (including phenoxy) is 1. The molecule has 6 heteroatoms. The van der Waals surface area contributed by atoms with Crippen molar-refractivity contribution in [2.75, 3.05) is 19.6 Å². The summed E-state index contributed by atoms with van der Waals surface area (Å²) in [5, 5.41) is 9.09. The molecule has 0 fully saturated rings. The Morgan fingerprint density at radius 2 is 1.88 bits per heavy atom. The highest BCUT2D eigenvalue weighted by Gasteiger charge is 2.15. The third-order valence-electron chi connectivity index (χ3n) is 2.93. The van der Waals surface area contributed by atoms with Crippen molar-refractivity contribution >= 4 is 12.1 Å². The summed E-state index contributed by atoms with van der Waals surface area (Å²) in [6.45, 7) is 12.0. The largest absolute Gasteiger partial charge is 0.444 e. The molecule has 0 spiro atoms. The fourth-order valence-electron chi connectivity index (χ4n) is 1.98. The van der Waals surface area contributed by atoms with Crippen molar-refractivity contribution in [1.29, 1.82) is 0 Å². The minimum Gasteiger partial charge on any atom is -0.444 e. The number of carbonyl (C=O) groups excluding carboxylic acids is 1. The number of carbonyl (C=O) groups is 1. The lowest BCUT2D eigenvalue weighted by molar-refractivity contribution is 0.0529. The first-order chi connectivity index (χ1) is 11.3. The van der Waals surface area contributed by atoms with Crippen molar-refractivity contribution in [3.8, 4) is 0 Å². The van der Waals surface area contributed by atoms with Crippen LogP contribution in [0.4, 0.5) is 4.79 Å². The molecule has 0 atom stereocenters. The van der Waals surface area contributed by atoms with Crippen LogP contribution in [0, 0.1) is 6.92 Å². The molecule has 134 valence electrons. The standard InChI is InChI=1S/C18H30N4O2/c1-6-19-16(22-13-15-9-7-8-14(2)12-15)20-10-11-21-17(23)24-18(3,4)5/h7-9,12H,6,10-11,13H2,1-5H3,(H,21,23)(H2,19,20,22). The van der Waals surface area contributed by atoms with Gasteiger partial charge in [0.25, 0.3) is 0 Å². The maximum absolute atomic E-state index is 11.6. The van der Waals surface area contributed by atoms with Crippen molar-refractivity contribution in [2.45, 2.75) is 46.8 Å². The second kappa shape index (κ2) is 9.80. The van der Waals surface area contributed by atoms with Crippen LogP contribution >= 0.6 is 0 Å². The minimum atomic E-state index is -0.484. The lowest BCUT2D eigenvalue weighted by Crippen LogP contribution is -2.42. The first kappa shape index (κ1) is 19.8. The molecule has 0 heterocycles. The molecule has 0 unspecified atom stereocenters. The van der Waals surface area contributed by atoms with Crippen molar-refractivity contribution in [1.82, 2.24) is 16.0 Å². The number of aryl methyl sites for hydroxylation is 1. The average molecular weight is 334 g/mol. The molecule has 0 aromatic heterocycles. The predicted octanol–water partition coefficient (Wildman–Crippen LogP) is 2.57. The summed E-state index contributed by atoms with van der Waals surface area (Å²) in [6.07, 6.45) is -0.411. The molecule has 0 aliphatic heterocycles. The number of aliphatic imine (C=N–C) groups is 1. The van der Waals surface area contributed by atoms with Gasteiger partial charge in [0.1, 0.15) is 5.60 Å². The van der Waals surface area contributed by atoms with E-state index in [1.807, 2.05) is 33.8 Å². The molecular weight excluding hydrogens is 304 g/mol. The van der Waals surface area contributed by atoms with Crippen LogP contribution in [-0.4, -0.2) is 37.3 Å². The number of hydrogen-bond acceptors (Lipinski definition) is 3. The highest BCUT2D eigenvalue weighted by molar-refractivity contribution is 5.79. The van der Waals surface area contributed by atoms with Gasteiger partial charge in [0.2, 0.25) is 0 Å². The SMILES string of the molecule is CCNC(=NCc1cccc(C)c1)NCCNC(=O)OC(C)(C)C. The summed E-state index contributed by atoms with van der Waals surface area (Å²) in [5.74, 6) is 0.727. The molecule has 1 aromatic rings. The summed E-state index contributed by atoms with van der Waals surface area (Å²) < 4.78 is 5.19. The molecule has 0 aliphatic carbocycles. The Morgan fingerprint density at radius 3 is 2.50 bits per heavy atom. The molecule has 0 aliphatic rings. The fraction of sp³-hybridized carbons (Fsp3) is 0.556. The monoisotopic (exact) mass is 334 g/mol. The van der Waals surface area contributed by atoms with E-state index in [2.05, 4.69) is 46.1 Å². The van der Waals surface area contributed by atoms with Crippen molar-refractivity contribution < 1.29 is 9.53 Å². The number of amides is 1. The summed E-state index contributed by atoms with van der Waals surface area (Å²) >= 11 is 0. The van der Waals surface area contributed by atoms with Crippen LogP contribution in [0.15, 0.2) is 29.3 Å². The van der Waals surface area contributed by atoms with Gasteiger partial charge in [-0.1, -0.05) is 29.8 Å². The zero-order chi connectivity index (χ0) is 18.0. The number of guanidine groups is 1. The Hall–Kier alpha value is -2.24. The molecule has 0 radical (unpaired) electrons. The van der Waals surface area contributed by atoms with Gasteiger partial charge in [-0.05, 0) is 40.2 Å². The van der Waals surface area contributed by atoms with Gasteiger partial charge < -0.3 is 20.7 Å². The number of nitrogens with zero attached hydrogens (tertiary/aromatic N) is 1. The number of hydrogen-bond donors (Lipinski definition) is 3. The van der Waals surface area contributed by atoms with E-state index in [4.69, 9.17) is 4.74 Å². The van der Waals surface area contributed by atoms with Gasteiger partial charge in [-0.15, -0.1) is 0 Å². The van der Waals surface area contributed by atoms with Crippen LogP contribution in [0.5, 0.6) is 0 Å². The van der Waals surface area contributed by atoms with E-state index in [1.165, 1.54) is 11.1 Å². The van der Waals surface area contributed by atoms with E-state index in [-0.39, 0.29) is 0 Å². The highest BCUT2D eigenvalue weighted by atomic mass is 16.6. The van der Waals surface area contributed by atoms with Crippen molar-refractivity contribution in [3.05, 3.63) is 35.4 Å². The summed E-state index contributed by atoms with van der Waals surface area (Å²) in [5.41, 5.74) is 1.91. The Bertz CT molecular complexity index is 550. The lowest BCUT2D eigenvalue weighted by Gasteiger charge is -2.19. The molecular formula is C18H30N4O2. The Balaban J connectivity index is 2.40. The van der Waals surface area contributed by atoms with Gasteiger partial charge in [-0.2, -0.15) is 0 Å². The summed E-state index contributed by atoms with van der Waals surface area (Å²) in [4.78, 5) is 16.1. The number of alkyl carbamates (subject to hydrolysis) is 1. The van der Waals surface area contributed by atoms with Gasteiger partial charge in [0.15, 0.2) is 5.96 Å². The van der Waals surface area contributed by atoms with E-state index in [0.29, 0.717) is 19.6 Å². The topological polar surface area (TPSA) is 74.8 Å². The molecule has 3 N–H and O–H groups in total. The molecule has 0 saturated heterocycles. The Morgan fingerprint density at radius 1 is 1.17 bits per heavy atom. The molecule has 0 bridgehead atoms. The maximum atomic E-state index is 11.6. The smallest absolute Gasteiger partial charge is 0.407 e. The van der Waals surface area contributed by atoms with E-state index >= 15 is 0 Å². The van der Waals surface area contributed by atoms with E-state index < -0.39 is 11.7 Å². The number of rotatable bonds is 6. The maximum Gasteiger partial charge on any atom is 0.407 e. The minimum absolute atomic E-state index is 0.411. The van der Waals surface area contributed by atoms with Crippen LogP contribution in [0.25, 0.3) is 0 Å². The average Bonchev–Trinajstić information content (AvgIpc) is 2.47. The summed E-state index contributed by atoms with van der Waals surface area (Å²) in [7, 11) is 0. The zero-order valence-corrected chi connectivity index (χ0v) is 15.4. The second-order valence-corrected chi connectivity index (χ2v) is 6.54. The highest BCUT2D eigenvalue weighted by Crippen LogP contribution is 2.06. The zero-order valence-electron chi connectivity index (χ0n) is 15.4. The fourth-order valence-corrected chi connectivity index (χ4v) is 1.98. The molecule has 1 aromatic carbocycles. The molecule has 24 heavy (non-hydrogen) atoms. The van der Waals surface area contributed by atoms with Crippen LogP contribution in [0.3, 0.4) is 0 Å². The number of nitrogens with one attached hydrogen (secondary N) is 3. The third-order valence-corrected chi connectivity index (χ3v) is 2.93. The summed E-state index contributed by atoms with van der Waals surface area (Å²) in [6, 6.07) is 8.28. The van der Waals surface area contributed by atoms with Gasteiger partial charge in [0, 0.05) is 19.6 Å². The normalized spacial score (nSPS) is 11.8. The third kappa shape index (κ3) is 9.02. The quantitative estimate of drug-likeness (QED) is 0.425. The van der Waals surface area contributed by atoms with Crippen molar-refractivity contribution in [2.24, 2.45) is 4.99 Å². The Labute approximate surface area is 145 Å². The molecule has 6 nitrogen and oxygen atoms in total. The van der Waals surface area contributed by atoms with Gasteiger partial charge >= 0.3 is 6.09 Å². The van der Waals surface area contributed by atoms with Crippen LogP contribution in [0.1, 0.15) is 38.8 Å². The Kier molecular flexibility index (Phi) is 8.09. The van der Waals surface area contributed by atoms with E-state index in [9.17, 15) is 4.79 Å². The number of benzene rings is 1. The van der Waals surface area contributed by atoms with Crippen LogP contribution in [0.2, 0.25) is 0 Å². The van der Waals surface area contributed by atoms with Crippen molar-refractivity contribution in [3.63, 3.8) is 0 Å². The molecule has 1 amide bonds. The first-order valence-corrected chi connectivity index (χ1v) is 8.34. The van der Waals surface area contributed by atoms with Gasteiger partial charge in [0.05, 0.1) is 6.54 Å². The van der Waals surface area contributed by atoms with Crippen LogP contribution < -0.4 is 16.0 Å². The van der Waals surface area contributed by atoms with Gasteiger partial charge in [-0.3, -0.25) is 0 Å². The first-order valence-electron chi connectivity index (χ1n) is 8.34. The van der Waals surface area contributed by atoms with E-state index in [1.54, 1.807) is 0 Å².